The Labute approximate surface area is 54.4 Å². The van der Waals surface area contributed by atoms with Gasteiger partial charge in [-0.1, -0.05) is 6.92 Å². The number of rotatable bonds is 2. The summed E-state index contributed by atoms with van der Waals surface area (Å²) in [5, 5.41) is 5.70. The Morgan fingerprint density at radius 3 is 3.11 bits per heavy atom. The van der Waals surface area contributed by atoms with Crippen molar-refractivity contribution in [3.05, 3.63) is 0 Å². The molecule has 0 bridgehead atoms. The average Bonchev–Trinajstić information content (AvgIpc) is 2.33. The van der Waals surface area contributed by atoms with E-state index in [0.29, 0.717) is 6.67 Å². The fourth-order valence-corrected chi connectivity index (χ4v) is 0.763. The Morgan fingerprint density at radius 1 is 1.89 bits per heavy atom. The highest BCUT2D eigenvalue weighted by Gasteiger charge is 2.12. The molecule has 0 aromatic carbocycles. The quantitative estimate of drug-likeness (QED) is 0.576. The topological polar surface area (TPSA) is 36.9 Å². The van der Waals surface area contributed by atoms with Gasteiger partial charge in [0.05, 0.1) is 7.11 Å². The maximum absolute atomic E-state index is 4.95. The summed E-state index contributed by atoms with van der Waals surface area (Å²) in [6.07, 6.45) is 0.904. The van der Waals surface area contributed by atoms with Crippen LogP contribution < -0.4 is 5.43 Å². The average molecular weight is 129 g/mol. The summed E-state index contributed by atoms with van der Waals surface area (Å²) in [6.45, 7) is 2.71. The molecule has 0 fully saturated rings. The second-order valence-corrected chi connectivity index (χ2v) is 1.76. The molecule has 1 aliphatic heterocycles. The van der Waals surface area contributed by atoms with Gasteiger partial charge < -0.3 is 0 Å². The molecule has 1 N–H and O–H groups in total. The minimum atomic E-state index is 0.666. The molecule has 9 heavy (non-hydrogen) atoms. The normalized spacial score (nSPS) is 17.6. The van der Waals surface area contributed by atoms with Gasteiger partial charge in [0.2, 0.25) is 0 Å². The van der Waals surface area contributed by atoms with E-state index in [-0.39, 0.29) is 0 Å². The van der Waals surface area contributed by atoms with Crippen LogP contribution in [-0.2, 0) is 4.84 Å². The van der Waals surface area contributed by atoms with E-state index in [1.807, 2.05) is 6.92 Å². The molecule has 0 spiro atoms. The van der Waals surface area contributed by atoms with Crippen molar-refractivity contribution in [1.82, 2.24) is 10.5 Å². The van der Waals surface area contributed by atoms with E-state index in [1.54, 1.807) is 12.2 Å². The van der Waals surface area contributed by atoms with Gasteiger partial charge >= 0.3 is 0 Å². The van der Waals surface area contributed by atoms with Crippen molar-refractivity contribution in [2.75, 3.05) is 13.8 Å². The maximum Gasteiger partial charge on any atom is 0.150 e. The summed E-state index contributed by atoms with van der Waals surface area (Å²) in [6, 6.07) is 0. The number of hydrogen-bond acceptors (Lipinski definition) is 4. The lowest BCUT2D eigenvalue weighted by Gasteiger charge is -2.13. The first-order valence-electron chi connectivity index (χ1n) is 2.99. The highest BCUT2D eigenvalue weighted by atomic mass is 16.7. The zero-order valence-electron chi connectivity index (χ0n) is 5.72. The summed E-state index contributed by atoms with van der Waals surface area (Å²) in [5.74, 6) is 0.956. The van der Waals surface area contributed by atoms with Gasteiger partial charge in [0.15, 0.2) is 5.84 Å². The summed E-state index contributed by atoms with van der Waals surface area (Å²) < 4.78 is 0. The van der Waals surface area contributed by atoms with Crippen molar-refractivity contribution in [2.24, 2.45) is 5.10 Å². The summed E-state index contributed by atoms with van der Waals surface area (Å²) in [4.78, 5) is 4.95. The Balaban J connectivity index is 2.47. The van der Waals surface area contributed by atoms with Crippen LogP contribution in [0.4, 0.5) is 0 Å². The third kappa shape index (κ3) is 1.13. The number of amidine groups is 1. The molecule has 4 nitrogen and oxygen atoms in total. The summed E-state index contributed by atoms with van der Waals surface area (Å²) in [7, 11) is 1.64. The predicted molar refractivity (Wildman–Crippen MR) is 34.6 cm³/mol. The molecule has 0 unspecified atom stereocenters. The minimum absolute atomic E-state index is 0.666. The van der Waals surface area contributed by atoms with Gasteiger partial charge in [-0.15, -0.1) is 0 Å². The molecule has 4 heteroatoms. The van der Waals surface area contributed by atoms with Gasteiger partial charge in [0.25, 0.3) is 0 Å². The Bertz CT molecular complexity index is 123. The minimum Gasteiger partial charge on any atom is -0.286 e. The highest BCUT2D eigenvalue weighted by molar-refractivity contribution is 5.81. The van der Waals surface area contributed by atoms with Crippen LogP contribution in [0, 0.1) is 0 Å². The summed E-state index contributed by atoms with van der Waals surface area (Å²) >= 11 is 0. The molecular weight excluding hydrogens is 118 g/mol. The van der Waals surface area contributed by atoms with Crippen molar-refractivity contribution >= 4 is 5.84 Å². The van der Waals surface area contributed by atoms with Crippen LogP contribution in [0.15, 0.2) is 5.10 Å². The van der Waals surface area contributed by atoms with Crippen LogP contribution in [0.1, 0.15) is 13.3 Å². The smallest absolute Gasteiger partial charge is 0.150 e. The van der Waals surface area contributed by atoms with E-state index in [1.165, 1.54) is 0 Å². The number of hydrogen-bond donors (Lipinski definition) is 1. The van der Waals surface area contributed by atoms with Gasteiger partial charge in [-0.05, 0) is 0 Å². The lowest BCUT2D eigenvalue weighted by molar-refractivity contribution is -0.0620. The SMILES string of the molecule is CCC1=NNCN1OC. The van der Waals surface area contributed by atoms with Crippen molar-refractivity contribution in [3.8, 4) is 0 Å². The van der Waals surface area contributed by atoms with Gasteiger partial charge in [-0.25, -0.2) is 5.06 Å². The van der Waals surface area contributed by atoms with E-state index >= 15 is 0 Å². The molecule has 52 valence electrons. The van der Waals surface area contributed by atoms with Crippen LogP contribution in [0.2, 0.25) is 0 Å². The monoisotopic (exact) mass is 129 g/mol. The Hall–Kier alpha value is -0.770. The molecule has 1 rings (SSSR count). The zero-order valence-corrected chi connectivity index (χ0v) is 5.72. The fraction of sp³-hybridized carbons (Fsp3) is 0.800. The molecule has 0 aliphatic carbocycles. The van der Waals surface area contributed by atoms with E-state index in [4.69, 9.17) is 4.84 Å². The molecule has 0 aromatic rings. The largest absolute Gasteiger partial charge is 0.286 e. The van der Waals surface area contributed by atoms with Crippen LogP contribution in [0.25, 0.3) is 0 Å². The lowest BCUT2D eigenvalue weighted by Crippen LogP contribution is -2.27. The Kier molecular flexibility index (Phi) is 1.89. The Morgan fingerprint density at radius 2 is 2.67 bits per heavy atom. The fourth-order valence-electron chi connectivity index (χ4n) is 0.763. The lowest BCUT2D eigenvalue weighted by atomic mass is 10.4. The maximum atomic E-state index is 4.95. The molecule has 0 saturated carbocycles. The molecule has 0 saturated heterocycles. The number of nitrogens with zero attached hydrogens (tertiary/aromatic N) is 2. The van der Waals surface area contributed by atoms with E-state index in [0.717, 1.165) is 12.3 Å². The second kappa shape index (κ2) is 2.68. The van der Waals surface area contributed by atoms with Crippen LogP contribution >= 0.6 is 0 Å². The van der Waals surface area contributed by atoms with Crippen molar-refractivity contribution in [1.29, 1.82) is 0 Å². The van der Waals surface area contributed by atoms with Gasteiger partial charge in [-0.2, -0.15) is 5.10 Å². The van der Waals surface area contributed by atoms with Gasteiger partial charge in [0.1, 0.15) is 6.67 Å². The third-order valence-electron chi connectivity index (χ3n) is 1.25. The molecular formula is C5H11N3O. The van der Waals surface area contributed by atoms with E-state index in [9.17, 15) is 0 Å². The first-order valence-corrected chi connectivity index (χ1v) is 2.99. The first kappa shape index (κ1) is 6.35. The van der Waals surface area contributed by atoms with Crippen molar-refractivity contribution < 1.29 is 4.84 Å². The molecule has 1 heterocycles. The zero-order chi connectivity index (χ0) is 6.69. The first-order chi connectivity index (χ1) is 4.38. The van der Waals surface area contributed by atoms with Crippen LogP contribution in [0.3, 0.4) is 0 Å². The van der Waals surface area contributed by atoms with Gasteiger partial charge in [0, 0.05) is 6.42 Å². The van der Waals surface area contributed by atoms with Gasteiger partial charge in [-0.3, -0.25) is 10.3 Å². The number of hydroxylamine groups is 2. The van der Waals surface area contributed by atoms with E-state index < -0.39 is 0 Å². The van der Waals surface area contributed by atoms with Crippen molar-refractivity contribution in [2.45, 2.75) is 13.3 Å². The molecule has 0 amide bonds. The number of hydrazone groups is 1. The predicted octanol–water partition coefficient (Wildman–Crippen LogP) is 0.134. The van der Waals surface area contributed by atoms with Crippen molar-refractivity contribution in [3.63, 3.8) is 0 Å². The van der Waals surface area contributed by atoms with E-state index in [2.05, 4.69) is 10.5 Å². The number of nitrogens with one attached hydrogen (secondary N) is 1. The van der Waals surface area contributed by atoms with Crippen LogP contribution in [0.5, 0.6) is 0 Å². The highest BCUT2D eigenvalue weighted by Crippen LogP contribution is 1.99. The standard InChI is InChI=1S/C5H11N3O/c1-3-5-7-6-4-8(5)9-2/h6H,3-4H2,1-2H3. The molecule has 0 radical (unpaired) electrons. The second-order valence-electron chi connectivity index (χ2n) is 1.76. The molecule has 1 aliphatic rings. The molecule has 0 aromatic heterocycles. The summed E-state index contributed by atoms with van der Waals surface area (Å²) in [5.41, 5.74) is 2.81. The molecule has 0 atom stereocenters. The van der Waals surface area contributed by atoms with Crippen LogP contribution in [-0.4, -0.2) is 24.7 Å². The third-order valence-corrected chi connectivity index (χ3v) is 1.25.